The van der Waals surface area contributed by atoms with Crippen LogP contribution in [0.3, 0.4) is 0 Å². The van der Waals surface area contributed by atoms with E-state index in [2.05, 4.69) is 20.8 Å². The number of anilines is 1. The summed E-state index contributed by atoms with van der Waals surface area (Å²) in [7, 11) is 0. The molecule has 1 amide bonds. The van der Waals surface area contributed by atoms with Gasteiger partial charge in [0.25, 0.3) is 5.91 Å². The van der Waals surface area contributed by atoms with E-state index in [4.69, 9.17) is 9.47 Å². The fourth-order valence-electron chi connectivity index (χ4n) is 2.55. The Kier molecular flexibility index (Phi) is 5.50. The maximum absolute atomic E-state index is 12.4. The second-order valence-corrected chi connectivity index (χ2v) is 5.72. The van der Waals surface area contributed by atoms with Gasteiger partial charge in [0.15, 0.2) is 0 Å². The molecule has 2 heterocycles. The quantitative estimate of drug-likeness (QED) is 0.864. The SMILES string of the molecule is CC(OCC1CCCCO1)C(=O)Nc1ccccc1-n1cnnn1. The van der Waals surface area contributed by atoms with Crippen molar-refractivity contribution in [2.45, 2.75) is 38.4 Å². The zero-order valence-corrected chi connectivity index (χ0v) is 13.6. The zero-order valence-electron chi connectivity index (χ0n) is 13.6. The van der Waals surface area contributed by atoms with Crippen LogP contribution in [0.15, 0.2) is 30.6 Å². The molecule has 2 unspecified atom stereocenters. The smallest absolute Gasteiger partial charge is 0.253 e. The molecule has 1 saturated heterocycles. The largest absolute Gasteiger partial charge is 0.376 e. The Morgan fingerprint density at radius 3 is 3.08 bits per heavy atom. The Balaban J connectivity index is 1.58. The van der Waals surface area contributed by atoms with Crippen LogP contribution < -0.4 is 5.32 Å². The van der Waals surface area contributed by atoms with Crippen molar-refractivity contribution in [3.8, 4) is 5.69 Å². The number of nitrogens with one attached hydrogen (secondary N) is 1. The van der Waals surface area contributed by atoms with Gasteiger partial charge in [-0.15, -0.1) is 5.10 Å². The molecule has 1 aromatic heterocycles. The Hall–Kier alpha value is -2.32. The second kappa shape index (κ2) is 7.98. The van der Waals surface area contributed by atoms with Crippen molar-refractivity contribution in [3.05, 3.63) is 30.6 Å². The summed E-state index contributed by atoms with van der Waals surface area (Å²) in [6.07, 6.45) is 4.22. The molecule has 128 valence electrons. The fourth-order valence-corrected chi connectivity index (χ4v) is 2.55. The van der Waals surface area contributed by atoms with E-state index in [1.54, 1.807) is 13.0 Å². The van der Waals surface area contributed by atoms with Crippen molar-refractivity contribution in [2.75, 3.05) is 18.5 Å². The number of carbonyl (C=O) groups excluding carboxylic acids is 1. The van der Waals surface area contributed by atoms with Crippen molar-refractivity contribution in [3.63, 3.8) is 0 Å². The normalized spacial score (nSPS) is 19.0. The summed E-state index contributed by atoms with van der Waals surface area (Å²) < 4.78 is 12.8. The van der Waals surface area contributed by atoms with Crippen molar-refractivity contribution < 1.29 is 14.3 Å². The van der Waals surface area contributed by atoms with E-state index in [-0.39, 0.29) is 12.0 Å². The van der Waals surface area contributed by atoms with E-state index in [9.17, 15) is 4.79 Å². The fraction of sp³-hybridized carbons (Fsp3) is 0.500. The molecule has 1 N–H and O–H groups in total. The summed E-state index contributed by atoms with van der Waals surface area (Å²) in [5, 5.41) is 14.0. The summed E-state index contributed by atoms with van der Waals surface area (Å²) >= 11 is 0. The first-order valence-corrected chi connectivity index (χ1v) is 8.10. The third-order valence-corrected chi connectivity index (χ3v) is 3.93. The summed E-state index contributed by atoms with van der Waals surface area (Å²) in [6, 6.07) is 7.32. The second-order valence-electron chi connectivity index (χ2n) is 5.72. The monoisotopic (exact) mass is 331 g/mol. The first kappa shape index (κ1) is 16.5. The molecule has 3 rings (SSSR count). The van der Waals surface area contributed by atoms with Gasteiger partial charge >= 0.3 is 0 Å². The van der Waals surface area contributed by atoms with Gasteiger partial charge in [-0.2, -0.15) is 4.68 Å². The van der Waals surface area contributed by atoms with Crippen LogP contribution in [0.25, 0.3) is 5.69 Å². The molecule has 24 heavy (non-hydrogen) atoms. The van der Waals surface area contributed by atoms with Crippen molar-refractivity contribution in [1.82, 2.24) is 20.2 Å². The van der Waals surface area contributed by atoms with E-state index >= 15 is 0 Å². The van der Waals surface area contributed by atoms with E-state index < -0.39 is 6.10 Å². The van der Waals surface area contributed by atoms with Crippen LogP contribution in [0.1, 0.15) is 26.2 Å². The van der Waals surface area contributed by atoms with E-state index in [1.807, 2.05) is 18.2 Å². The molecule has 0 bridgehead atoms. The molecule has 1 aliphatic rings. The van der Waals surface area contributed by atoms with Crippen molar-refractivity contribution >= 4 is 11.6 Å². The minimum Gasteiger partial charge on any atom is -0.376 e. The number of benzene rings is 1. The lowest BCUT2D eigenvalue weighted by molar-refractivity contribution is -0.130. The highest BCUT2D eigenvalue weighted by Gasteiger charge is 2.20. The lowest BCUT2D eigenvalue weighted by Gasteiger charge is -2.24. The number of hydrogen-bond donors (Lipinski definition) is 1. The molecule has 2 aromatic rings. The first-order valence-electron chi connectivity index (χ1n) is 8.10. The summed E-state index contributed by atoms with van der Waals surface area (Å²) in [4.78, 5) is 12.4. The van der Waals surface area contributed by atoms with Crippen LogP contribution in [0, 0.1) is 0 Å². The molecular weight excluding hydrogens is 310 g/mol. The number of ether oxygens (including phenoxy) is 2. The molecule has 1 aliphatic heterocycles. The first-order chi connectivity index (χ1) is 11.7. The Labute approximate surface area is 140 Å². The maximum atomic E-state index is 12.4. The zero-order chi connectivity index (χ0) is 16.8. The molecule has 1 fully saturated rings. The molecule has 8 nitrogen and oxygen atoms in total. The molecule has 1 aromatic carbocycles. The van der Waals surface area contributed by atoms with Crippen LogP contribution in [0.4, 0.5) is 5.69 Å². The van der Waals surface area contributed by atoms with Crippen LogP contribution >= 0.6 is 0 Å². The minimum atomic E-state index is -0.572. The molecule has 0 saturated carbocycles. The van der Waals surface area contributed by atoms with Crippen molar-refractivity contribution in [2.24, 2.45) is 0 Å². The van der Waals surface area contributed by atoms with Gasteiger partial charge in [-0.05, 0) is 48.7 Å². The van der Waals surface area contributed by atoms with Gasteiger partial charge in [-0.1, -0.05) is 12.1 Å². The van der Waals surface area contributed by atoms with Gasteiger partial charge in [0.1, 0.15) is 12.4 Å². The number of amides is 1. The number of carbonyl (C=O) groups is 1. The molecule has 0 aliphatic carbocycles. The van der Waals surface area contributed by atoms with E-state index in [0.29, 0.717) is 18.0 Å². The molecular formula is C16H21N5O3. The number of para-hydroxylation sites is 2. The number of hydrogen-bond acceptors (Lipinski definition) is 6. The minimum absolute atomic E-state index is 0.0857. The number of tetrazole rings is 1. The van der Waals surface area contributed by atoms with Crippen LogP contribution in [-0.2, 0) is 14.3 Å². The van der Waals surface area contributed by atoms with Crippen molar-refractivity contribution in [1.29, 1.82) is 0 Å². The van der Waals surface area contributed by atoms with Gasteiger partial charge in [0, 0.05) is 6.61 Å². The maximum Gasteiger partial charge on any atom is 0.253 e. The third kappa shape index (κ3) is 4.15. The van der Waals surface area contributed by atoms with Crippen LogP contribution in [0.5, 0.6) is 0 Å². The summed E-state index contributed by atoms with van der Waals surface area (Å²) in [5.41, 5.74) is 1.32. The Morgan fingerprint density at radius 2 is 2.33 bits per heavy atom. The lowest BCUT2D eigenvalue weighted by atomic mass is 10.1. The van der Waals surface area contributed by atoms with Crippen LogP contribution in [-0.4, -0.2) is 51.5 Å². The summed E-state index contributed by atoms with van der Waals surface area (Å²) in [6.45, 7) is 2.94. The van der Waals surface area contributed by atoms with E-state index in [1.165, 1.54) is 11.0 Å². The third-order valence-electron chi connectivity index (χ3n) is 3.93. The topological polar surface area (TPSA) is 91.2 Å². The number of nitrogens with zero attached hydrogens (tertiary/aromatic N) is 4. The highest BCUT2D eigenvalue weighted by atomic mass is 16.5. The molecule has 2 atom stereocenters. The summed E-state index contributed by atoms with van der Waals surface area (Å²) in [5.74, 6) is -0.216. The molecule has 0 radical (unpaired) electrons. The average Bonchev–Trinajstić information content (AvgIpc) is 3.15. The van der Waals surface area contributed by atoms with Gasteiger partial charge in [0.05, 0.1) is 24.1 Å². The van der Waals surface area contributed by atoms with Gasteiger partial charge < -0.3 is 14.8 Å². The predicted octanol–water partition coefficient (Wildman–Crippen LogP) is 1.57. The highest BCUT2D eigenvalue weighted by molar-refractivity contribution is 5.95. The molecule has 0 spiro atoms. The number of aromatic nitrogens is 4. The van der Waals surface area contributed by atoms with Gasteiger partial charge in [0.2, 0.25) is 0 Å². The van der Waals surface area contributed by atoms with Gasteiger partial charge in [-0.25, -0.2) is 0 Å². The average molecular weight is 331 g/mol. The standard InChI is InChI=1S/C16H21N5O3/c1-12(24-10-13-6-4-5-9-23-13)16(22)18-14-7-2-3-8-15(14)21-11-17-19-20-21/h2-3,7-8,11-13H,4-6,9-10H2,1H3,(H,18,22). The lowest BCUT2D eigenvalue weighted by Crippen LogP contribution is -2.32. The highest BCUT2D eigenvalue weighted by Crippen LogP contribution is 2.19. The predicted molar refractivity (Wildman–Crippen MR) is 86.8 cm³/mol. The Bertz CT molecular complexity index is 655. The van der Waals surface area contributed by atoms with E-state index in [0.717, 1.165) is 25.9 Å². The Morgan fingerprint density at radius 1 is 1.46 bits per heavy atom. The van der Waals surface area contributed by atoms with Crippen LogP contribution in [0.2, 0.25) is 0 Å². The van der Waals surface area contributed by atoms with Gasteiger partial charge in [-0.3, -0.25) is 4.79 Å². The molecule has 8 heteroatoms. The number of rotatable bonds is 6.